The lowest BCUT2D eigenvalue weighted by Crippen LogP contribution is -2.16. The van der Waals surface area contributed by atoms with Gasteiger partial charge >= 0.3 is 0 Å². The first kappa shape index (κ1) is 41.8. The highest BCUT2D eigenvalue weighted by atomic mass is 16.5. The van der Waals surface area contributed by atoms with Gasteiger partial charge in [0.15, 0.2) is 0 Å². The van der Waals surface area contributed by atoms with Crippen LogP contribution in [0.1, 0.15) is 97.3 Å². The van der Waals surface area contributed by atoms with E-state index in [2.05, 4.69) is 0 Å². The third kappa shape index (κ3) is 7.47. The summed E-state index contributed by atoms with van der Waals surface area (Å²) in [4.78, 5) is 0. The second-order valence-electron chi connectivity index (χ2n) is 17.4. The second-order valence-corrected chi connectivity index (χ2v) is 17.4. The van der Waals surface area contributed by atoms with Crippen molar-refractivity contribution in [3.05, 3.63) is 213 Å². The smallest absolute Gasteiger partial charge is 0.135 e. The van der Waals surface area contributed by atoms with Crippen LogP contribution in [0.3, 0.4) is 0 Å². The number of aromatic hydroxyl groups is 9. The molecule has 3 aliphatic heterocycles. The number of ether oxygens (including phenoxy) is 3. The van der Waals surface area contributed by atoms with Crippen LogP contribution in [0.25, 0.3) is 12.2 Å². The van der Waals surface area contributed by atoms with Crippen molar-refractivity contribution < 1.29 is 60.2 Å². The normalized spacial score (nSPS) is 20.0. The third-order valence-electron chi connectivity index (χ3n) is 13.0. The Labute approximate surface area is 389 Å². The molecule has 68 heavy (non-hydrogen) atoms. The summed E-state index contributed by atoms with van der Waals surface area (Å²) in [7, 11) is 0. The van der Waals surface area contributed by atoms with Crippen molar-refractivity contribution in [2.75, 3.05) is 0 Å². The molecule has 338 valence electrons. The maximum atomic E-state index is 11.6. The molecule has 3 aliphatic rings. The minimum absolute atomic E-state index is 0.0494. The molecule has 9 N–H and O–H groups in total. The van der Waals surface area contributed by atoms with Crippen molar-refractivity contribution >= 4 is 12.2 Å². The van der Waals surface area contributed by atoms with Gasteiger partial charge in [-0.05, 0) is 129 Å². The molecule has 8 aromatic carbocycles. The van der Waals surface area contributed by atoms with Gasteiger partial charge in [-0.3, -0.25) is 0 Å². The number of benzene rings is 8. The Hall–Kier alpha value is -8.90. The quantitative estimate of drug-likeness (QED) is 0.0652. The van der Waals surface area contributed by atoms with Gasteiger partial charge in [0.1, 0.15) is 87.3 Å². The van der Waals surface area contributed by atoms with Gasteiger partial charge in [-0.1, -0.05) is 54.6 Å². The first-order valence-corrected chi connectivity index (χ1v) is 21.8. The molecule has 0 radical (unpaired) electrons. The molecule has 0 amide bonds. The molecule has 0 aliphatic carbocycles. The number of hydrogen-bond acceptors (Lipinski definition) is 12. The van der Waals surface area contributed by atoms with Gasteiger partial charge in [-0.15, -0.1) is 0 Å². The molecule has 0 spiro atoms. The van der Waals surface area contributed by atoms with E-state index < -0.39 is 36.1 Å². The van der Waals surface area contributed by atoms with Crippen molar-refractivity contribution in [3.8, 4) is 69.0 Å². The van der Waals surface area contributed by atoms with Crippen LogP contribution < -0.4 is 14.2 Å². The molecule has 0 bridgehead atoms. The van der Waals surface area contributed by atoms with Crippen LogP contribution in [-0.2, 0) is 0 Å². The average Bonchev–Trinajstić information content (AvgIpc) is 4.00. The Bertz CT molecular complexity index is 3250. The van der Waals surface area contributed by atoms with E-state index in [1.807, 2.05) is 30.4 Å². The summed E-state index contributed by atoms with van der Waals surface area (Å²) in [5.41, 5.74) is 7.17. The van der Waals surface area contributed by atoms with Crippen molar-refractivity contribution in [2.45, 2.75) is 36.1 Å². The monoisotopic (exact) mass is 906 g/mol. The Morgan fingerprint density at radius 3 is 1.28 bits per heavy atom. The molecule has 12 nitrogen and oxygen atoms in total. The highest BCUT2D eigenvalue weighted by Crippen LogP contribution is 2.60. The molecule has 3 heterocycles. The van der Waals surface area contributed by atoms with Crippen LogP contribution in [0, 0.1) is 0 Å². The predicted octanol–water partition coefficient (Wildman–Crippen LogP) is 11.0. The predicted molar refractivity (Wildman–Crippen MR) is 251 cm³/mol. The summed E-state index contributed by atoms with van der Waals surface area (Å²) in [6.07, 6.45) is 1.40. The third-order valence-corrected chi connectivity index (χ3v) is 13.0. The van der Waals surface area contributed by atoms with Gasteiger partial charge in [-0.25, -0.2) is 0 Å². The zero-order valence-electron chi connectivity index (χ0n) is 35.8. The highest BCUT2D eigenvalue weighted by molar-refractivity contribution is 5.76. The Balaban J connectivity index is 1.09. The topological polar surface area (TPSA) is 210 Å². The fourth-order valence-electron chi connectivity index (χ4n) is 10.2. The summed E-state index contributed by atoms with van der Waals surface area (Å²) in [6.45, 7) is 0. The van der Waals surface area contributed by atoms with E-state index in [0.717, 1.165) is 5.56 Å². The summed E-state index contributed by atoms with van der Waals surface area (Å²) in [6, 6.07) is 40.6. The Morgan fingerprint density at radius 1 is 0.294 bits per heavy atom. The number of rotatable bonds is 8. The van der Waals surface area contributed by atoms with E-state index >= 15 is 0 Å². The lowest BCUT2D eigenvalue weighted by atomic mass is 9.76. The van der Waals surface area contributed by atoms with E-state index in [9.17, 15) is 46.0 Å². The van der Waals surface area contributed by atoms with E-state index in [1.54, 1.807) is 109 Å². The molecule has 0 saturated carbocycles. The molecule has 0 unspecified atom stereocenters. The van der Waals surface area contributed by atoms with Crippen LogP contribution in [-0.4, -0.2) is 46.0 Å². The van der Waals surface area contributed by atoms with Crippen LogP contribution in [0.4, 0.5) is 0 Å². The molecular weight excluding hydrogens is 865 g/mol. The second kappa shape index (κ2) is 16.2. The lowest BCUT2D eigenvalue weighted by molar-refractivity contribution is 0.219. The number of phenolic OH excluding ortho intramolecular Hbond substituents is 9. The SMILES string of the molecule is Oc1ccc(/C=C\c2cc(O)cc3c2[C@@H](c2cc(O)cc(O)c2)[C@H](c2ccc4c(c2)[C@@H](c2cc(O)cc5c2[C@@H](c2cc(O)cc(O)c2)[C@@H](c2ccc(O)cc2)O5)[C@H](c2ccc(O)cc2)O4)O3)cc1. The van der Waals surface area contributed by atoms with E-state index in [4.69, 9.17) is 14.2 Å². The maximum absolute atomic E-state index is 11.6. The number of phenols is 9. The summed E-state index contributed by atoms with van der Waals surface area (Å²) >= 11 is 0. The van der Waals surface area contributed by atoms with Crippen LogP contribution in [0.15, 0.2) is 152 Å². The molecule has 0 saturated heterocycles. The minimum Gasteiger partial charge on any atom is -0.508 e. The van der Waals surface area contributed by atoms with Gasteiger partial charge in [0, 0.05) is 41.0 Å². The van der Waals surface area contributed by atoms with E-state index in [0.29, 0.717) is 72.9 Å². The van der Waals surface area contributed by atoms with Gasteiger partial charge in [0.05, 0.1) is 17.8 Å². The first-order chi connectivity index (χ1) is 32.8. The lowest BCUT2D eigenvalue weighted by Gasteiger charge is -2.26. The molecule has 0 aromatic heterocycles. The number of fused-ring (bicyclic) bond motifs is 3. The van der Waals surface area contributed by atoms with Crippen LogP contribution in [0.2, 0.25) is 0 Å². The minimum atomic E-state index is -0.799. The van der Waals surface area contributed by atoms with E-state index in [-0.39, 0.29) is 51.7 Å². The molecule has 0 fully saturated rings. The molecule has 12 heteroatoms. The number of hydrogen-bond donors (Lipinski definition) is 9. The average molecular weight is 907 g/mol. The van der Waals surface area contributed by atoms with E-state index in [1.165, 1.54) is 24.3 Å². The van der Waals surface area contributed by atoms with Crippen molar-refractivity contribution in [3.63, 3.8) is 0 Å². The molecule has 11 rings (SSSR count). The van der Waals surface area contributed by atoms with Crippen molar-refractivity contribution in [1.29, 1.82) is 0 Å². The van der Waals surface area contributed by atoms with Crippen molar-refractivity contribution in [1.82, 2.24) is 0 Å². The largest absolute Gasteiger partial charge is 0.508 e. The Morgan fingerprint density at radius 2 is 0.721 bits per heavy atom. The molecule has 6 atom stereocenters. The first-order valence-electron chi connectivity index (χ1n) is 21.8. The zero-order chi connectivity index (χ0) is 47.0. The summed E-state index contributed by atoms with van der Waals surface area (Å²) in [5.74, 6) is -1.32. The zero-order valence-corrected chi connectivity index (χ0v) is 35.8. The molecular formula is C56H42O12. The summed E-state index contributed by atoms with van der Waals surface area (Å²) in [5, 5.41) is 96.5. The maximum Gasteiger partial charge on any atom is 0.135 e. The van der Waals surface area contributed by atoms with Crippen LogP contribution in [0.5, 0.6) is 69.0 Å². The van der Waals surface area contributed by atoms with Gasteiger partial charge in [0.25, 0.3) is 0 Å². The summed E-state index contributed by atoms with van der Waals surface area (Å²) < 4.78 is 20.4. The fraction of sp³-hybridized carbons (Fsp3) is 0.107. The van der Waals surface area contributed by atoms with Gasteiger partial charge < -0.3 is 60.2 Å². The van der Waals surface area contributed by atoms with Crippen molar-refractivity contribution in [2.24, 2.45) is 0 Å². The standard InChI is InChI=1S/C56H42O12/c57-35-10-2-28(3-11-35)1-4-31-17-42(64)26-47-49(31)50(33-18-38(60)23-39(61)19-33)56(67-47)32-9-16-46-44(22-32)52(55(66-46)30-7-14-37(59)15-8-30)45-25-43(65)27-48-53(45)51(34-20-40(62)24-41(63)21-34)54(68-48)29-5-12-36(58)13-6-29/h1-27,50-52,54-65H/b4-1-/t50-,51-,52+,54-,55+,56+/m1/s1. The fourth-order valence-corrected chi connectivity index (χ4v) is 10.2. The van der Waals surface area contributed by atoms with Gasteiger partial charge in [0.2, 0.25) is 0 Å². The Kier molecular flexibility index (Phi) is 9.96. The molecule has 8 aromatic rings. The van der Waals surface area contributed by atoms with Gasteiger partial charge in [-0.2, -0.15) is 0 Å². The van der Waals surface area contributed by atoms with Crippen LogP contribution >= 0.6 is 0 Å². The highest BCUT2D eigenvalue weighted by Gasteiger charge is 2.47.